The van der Waals surface area contributed by atoms with E-state index < -0.39 is 0 Å². The van der Waals surface area contributed by atoms with E-state index >= 15 is 0 Å². The van der Waals surface area contributed by atoms with Gasteiger partial charge in [0.2, 0.25) is 0 Å². The number of nitrogens with one attached hydrogen (secondary N) is 1. The average Bonchev–Trinajstić information content (AvgIpc) is 2.81. The predicted octanol–water partition coefficient (Wildman–Crippen LogP) is 4.40. The Morgan fingerprint density at radius 2 is 2.29 bits per heavy atom. The third-order valence-corrected chi connectivity index (χ3v) is 4.59. The molecule has 2 aromatic heterocycles. The van der Waals surface area contributed by atoms with E-state index in [9.17, 15) is 0 Å². The standard InChI is InChI=1S/C13H13BrN2S/c14-13-5-4-9(8-15-13)16-11-2-1-3-12-10(11)6-7-17-12/h4-8,11,16H,1-3H2. The quantitative estimate of drug-likeness (QED) is 0.832. The molecule has 0 spiro atoms. The summed E-state index contributed by atoms with van der Waals surface area (Å²) in [6, 6.07) is 6.74. The SMILES string of the molecule is Brc1ccc(NC2CCCc3sccc32)cn1. The maximum absolute atomic E-state index is 4.25. The molecule has 17 heavy (non-hydrogen) atoms. The van der Waals surface area contributed by atoms with E-state index in [1.165, 1.54) is 24.8 Å². The van der Waals surface area contributed by atoms with E-state index in [1.54, 1.807) is 4.88 Å². The van der Waals surface area contributed by atoms with Crippen LogP contribution in [0.2, 0.25) is 0 Å². The van der Waals surface area contributed by atoms with E-state index in [4.69, 9.17) is 0 Å². The Hall–Kier alpha value is -0.870. The highest BCUT2D eigenvalue weighted by atomic mass is 79.9. The topological polar surface area (TPSA) is 24.9 Å². The molecular weight excluding hydrogens is 296 g/mol. The molecule has 0 aromatic carbocycles. The number of fused-ring (bicyclic) bond motifs is 1. The van der Waals surface area contributed by atoms with Crippen LogP contribution in [0.4, 0.5) is 5.69 Å². The van der Waals surface area contributed by atoms with Gasteiger partial charge in [-0.25, -0.2) is 4.98 Å². The fraction of sp³-hybridized carbons (Fsp3) is 0.308. The third-order valence-electron chi connectivity index (χ3n) is 3.12. The first-order valence-electron chi connectivity index (χ1n) is 5.77. The molecule has 1 unspecified atom stereocenters. The second kappa shape index (κ2) is 4.78. The lowest BCUT2D eigenvalue weighted by Gasteiger charge is -2.24. The largest absolute Gasteiger partial charge is 0.377 e. The molecule has 3 rings (SSSR count). The molecule has 0 radical (unpaired) electrons. The van der Waals surface area contributed by atoms with Gasteiger partial charge in [0.05, 0.1) is 17.9 Å². The maximum atomic E-state index is 4.25. The predicted molar refractivity (Wildman–Crippen MR) is 75.6 cm³/mol. The Kier molecular flexibility index (Phi) is 3.16. The summed E-state index contributed by atoms with van der Waals surface area (Å²) in [5.41, 5.74) is 2.57. The van der Waals surface area contributed by atoms with Gasteiger partial charge in [-0.2, -0.15) is 0 Å². The first kappa shape index (κ1) is 11.2. The van der Waals surface area contributed by atoms with Crippen molar-refractivity contribution in [2.75, 3.05) is 5.32 Å². The van der Waals surface area contributed by atoms with Crippen molar-refractivity contribution >= 4 is 33.0 Å². The summed E-state index contributed by atoms with van der Waals surface area (Å²) in [5, 5.41) is 5.77. The first-order chi connectivity index (χ1) is 8.33. The lowest BCUT2D eigenvalue weighted by atomic mass is 9.94. The van der Waals surface area contributed by atoms with Crippen molar-refractivity contribution in [1.82, 2.24) is 4.98 Å². The highest BCUT2D eigenvalue weighted by Gasteiger charge is 2.20. The fourth-order valence-electron chi connectivity index (χ4n) is 2.30. The van der Waals surface area contributed by atoms with E-state index in [0.717, 1.165) is 10.3 Å². The summed E-state index contributed by atoms with van der Waals surface area (Å²) < 4.78 is 0.878. The van der Waals surface area contributed by atoms with Gasteiger partial charge in [-0.15, -0.1) is 11.3 Å². The molecule has 0 bridgehead atoms. The average molecular weight is 309 g/mol. The molecule has 0 saturated carbocycles. The minimum Gasteiger partial charge on any atom is -0.377 e. The van der Waals surface area contributed by atoms with E-state index in [1.807, 2.05) is 23.6 Å². The normalized spacial score (nSPS) is 18.8. The van der Waals surface area contributed by atoms with Crippen molar-refractivity contribution in [1.29, 1.82) is 0 Å². The van der Waals surface area contributed by atoms with E-state index in [0.29, 0.717) is 6.04 Å². The zero-order valence-corrected chi connectivity index (χ0v) is 11.7. The monoisotopic (exact) mass is 308 g/mol. The van der Waals surface area contributed by atoms with Crippen molar-refractivity contribution in [2.24, 2.45) is 0 Å². The first-order valence-corrected chi connectivity index (χ1v) is 7.44. The number of halogens is 1. The molecular formula is C13H13BrN2S. The number of aromatic nitrogens is 1. The maximum Gasteiger partial charge on any atom is 0.106 e. The summed E-state index contributed by atoms with van der Waals surface area (Å²) in [6.07, 6.45) is 5.60. The lowest BCUT2D eigenvalue weighted by molar-refractivity contribution is 0.608. The number of hydrogen-bond acceptors (Lipinski definition) is 3. The minimum absolute atomic E-state index is 0.452. The van der Waals surface area contributed by atoms with Crippen molar-refractivity contribution in [3.8, 4) is 0 Å². The molecule has 1 aliphatic rings. The van der Waals surface area contributed by atoms with Crippen LogP contribution in [0.15, 0.2) is 34.4 Å². The third kappa shape index (κ3) is 2.38. The van der Waals surface area contributed by atoms with E-state index in [-0.39, 0.29) is 0 Å². The Bertz CT molecular complexity index is 506. The zero-order valence-electron chi connectivity index (χ0n) is 9.32. The van der Waals surface area contributed by atoms with Crippen molar-refractivity contribution in [3.63, 3.8) is 0 Å². The summed E-state index contributed by atoms with van der Waals surface area (Å²) >= 11 is 5.23. The second-order valence-electron chi connectivity index (χ2n) is 4.26. The van der Waals surface area contributed by atoms with Crippen molar-refractivity contribution in [2.45, 2.75) is 25.3 Å². The van der Waals surface area contributed by atoms with Gasteiger partial charge in [-0.3, -0.25) is 0 Å². The van der Waals surface area contributed by atoms with Crippen LogP contribution in [0.25, 0.3) is 0 Å². The molecule has 0 saturated heterocycles. The summed E-state index contributed by atoms with van der Waals surface area (Å²) in [6.45, 7) is 0. The number of nitrogens with zero attached hydrogens (tertiary/aromatic N) is 1. The van der Waals surface area contributed by atoms with Crippen LogP contribution in [0.3, 0.4) is 0 Å². The van der Waals surface area contributed by atoms with E-state index in [2.05, 4.69) is 43.7 Å². The Morgan fingerprint density at radius 1 is 1.35 bits per heavy atom. The molecule has 2 aromatic rings. The van der Waals surface area contributed by atoms with Crippen LogP contribution in [0, 0.1) is 0 Å². The van der Waals surface area contributed by atoms with Gasteiger partial charge in [0.25, 0.3) is 0 Å². The molecule has 0 aliphatic heterocycles. The van der Waals surface area contributed by atoms with Crippen molar-refractivity contribution in [3.05, 3.63) is 44.8 Å². The highest BCUT2D eigenvalue weighted by molar-refractivity contribution is 9.10. The summed E-state index contributed by atoms with van der Waals surface area (Å²) in [4.78, 5) is 5.79. The fourth-order valence-corrected chi connectivity index (χ4v) is 3.52. The number of pyridine rings is 1. The second-order valence-corrected chi connectivity index (χ2v) is 6.07. The summed E-state index contributed by atoms with van der Waals surface area (Å²) in [7, 11) is 0. The van der Waals surface area contributed by atoms with Gasteiger partial charge in [0.15, 0.2) is 0 Å². The van der Waals surface area contributed by atoms with Gasteiger partial charge in [-0.05, 0) is 64.3 Å². The minimum atomic E-state index is 0.452. The van der Waals surface area contributed by atoms with Crippen LogP contribution < -0.4 is 5.32 Å². The number of anilines is 1. The van der Waals surface area contributed by atoms with Crippen LogP contribution in [-0.4, -0.2) is 4.98 Å². The summed E-state index contributed by atoms with van der Waals surface area (Å²) in [5.74, 6) is 0. The number of aryl methyl sites for hydroxylation is 1. The smallest absolute Gasteiger partial charge is 0.106 e. The molecule has 1 atom stereocenters. The Balaban J connectivity index is 1.81. The van der Waals surface area contributed by atoms with Crippen LogP contribution in [0.5, 0.6) is 0 Å². The van der Waals surface area contributed by atoms with Gasteiger partial charge in [0.1, 0.15) is 4.60 Å². The number of hydrogen-bond donors (Lipinski definition) is 1. The zero-order chi connectivity index (χ0) is 11.7. The molecule has 0 amide bonds. The van der Waals surface area contributed by atoms with Crippen molar-refractivity contribution < 1.29 is 0 Å². The molecule has 2 nitrogen and oxygen atoms in total. The van der Waals surface area contributed by atoms with Crippen LogP contribution >= 0.6 is 27.3 Å². The van der Waals surface area contributed by atoms with Gasteiger partial charge in [-0.1, -0.05) is 0 Å². The Labute approximate surface area is 113 Å². The molecule has 2 heterocycles. The molecule has 88 valence electrons. The Morgan fingerprint density at radius 3 is 3.12 bits per heavy atom. The van der Waals surface area contributed by atoms with Gasteiger partial charge in [0, 0.05) is 4.88 Å². The molecule has 4 heteroatoms. The number of rotatable bonds is 2. The van der Waals surface area contributed by atoms with Gasteiger partial charge >= 0.3 is 0 Å². The lowest BCUT2D eigenvalue weighted by Crippen LogP contribution is -2.15. The highest BCUT2D eigenvalue weighted by Crippen LogP contribution is 2.35. The number of thiophene rings is 1. The van der Waals surface area contributed by atoms with Crippen LogP contribution in [-0.2, 0) is 6.42 Å². The molecule has 1 N–H and O–H groups in total. The molecule has 1 aliphatic carbocycles. The van der Waals surface area contributed by atoms with Gasteiger partial charge < -0.3 is 5.32 Å². The van der Waals surface area contributed by atoms with Crippen LogP contribution in [0.1, 0.15) is 29.3 Å². The molecule has 0 fully saturated rings.